The number of ether oxygens (including phenoxy) is 2. The molecule has 0 aliphatic rings. The Bertz CT molecular complexity index is 928. The highest BCUT2D eigenvalue weighted by atomic mass is 35.5. The fourth-order valence-corrected chi connectivity index (χ4v) is 2.44. The number of rotatable bonds is 7. The van der Waals surface area contributed by atoms with Crippen molar-refractivity contribution in [1.29, 1.82) is 0 Å². The molecule has 3 aromatic rings. The van der Waals surface area contributed by atoms with Gasteiger partial charge in [0.1, 0.15) is 11.5 Å². The summed E-state index contributed by atoms with van der Waals surface area (Å²) >= 11 is 5.98. The van der Waals surface area contributed by atoms with Gasteiger partial charge in [0.15, 0.2) is 6.61 Å². The average Bonchev–Trinajstić information content (AvgIpc) is 3.10. The van der Waals surface area contributed by atoms with E-state index in [1.54, 1.807) is 0 Å². The van der Waals surface area contributed by atoms with Gasteiger partial charge in [-0.05, 0) is 25.1 Å². The summed E-state index contributed by atoms with van der Waals surface area (Å²) in [5.74, 6) is 1.55. The van der Waals surface area contributed by atoms with Gasteiger partial charge in [0, 0.05) is 12.1 Å². The van der Waals surface area contributed by atoms with Gasteiger partial charge in [-0.15, -0.1) is 0 Å². The molecule has 0 spiro atoms. The Morgan fingerprint density at radius 2 is 2.00 bits per heavy atom. The minimum absolute atomic E-state index is 0.0265. The maximum absolute atomic E-state index is 10.7. The van der Waals surface area contributed by atoms with E-state index in [4.69, 9.17) is 25.6 Å². The highest BCUT2D eigenvalue weighted by Gasteiger charge is 2.15. The Morgan fingerprint density at radius 1 is 1.19 bits per heavy atom. The summed E-state index contributed by atoms with van der Waals surface area (Å²) in [5, 5.41) is 14.8. The van der Waals surface area contributed by atoms with E-state index in [1.165, 1.54) is 18.2 Å². The number of hydrogen-bond acceptors (Lipinski definition) is 7. The maximum Gasteiger partial charge on any atom is 0.271 e. The van der Waals surface area contributed by atoms with Crippen molar-refractivity contribution < 1.29 is 18.9 Å². The van der Waals surface area contributed by atoms with Gasteiger partial charge in [-0.3, -0.25) is 10.1 Å². The molecule has 0 aliphatic heterocycles. The van der Waals surface area contributed by atoms with Gasteiger partial charge in [-0.2, -0.15) is 4.98 Å². The zero-order valence-electron chi connectivity index (χ0n) is 13.7. The minimum Gasteiger partial charge on any atom is -0.493 e. The Labute approximate surface area is 153 Å². The van der Waals surface area contributed by atoms with E-state index in [1.807, 2.05) is 31.2 Å². The molecule has 0 bridgehead atoms. The molecule has 9 heteroatoms. The molecule has 134 valence electrons. The topological polar surface area (TPSA) is 101 Å². The molecule has 1 heterocycles. The Kier molecular flexibility index (Phi) is 5.33. The second-order valence-electron chi connectivity index (χ2n) is 5.10. The van der Waals surface area contributed by atoms with Crippen molar-refractivity contribution in [2.24, 2.45) is 0 Å². The third-order valence-electron chi connectivity index (χ3n) is 3.37. The van der Waals surface area contributed by atoms with Crippen LogP contribution in [-0.4, -0.2) is 21.7 Å². The first-order valence-electron chi connectivity index (χ1n) is 7.70. The van der Waals surface area contributed by atoms with Crippen LogP contribution in [0.1, 0.15) is 12.8 Å². The van der Waals surface area contributed by atoms with Gasteiger partial charge >= 0.3 is 0 Å². The Morgan fingerprint density at radius 3 is 2.73 bits per heavy atom. The lowest BCUT2D eigenvalue weighted by atomic mass is 10.2. The van der Waals surface area contributed by atoms with Crippen LogP contribution >= 0.6 is 11.6 Å². The number of nitro groups is 1. The summed E-state index contributed by atoms with van der Waals surface area (Å²) in [7, 11) is 0. The second-order valence-corrected chi connectivity index (χ2v) is 5.51. The normalized spacial score (nSPS) is 10.5. The predicted molar refractivity (Wildman–Crippen MR) is 93.3 cm³/mol. The smallest absolute Gasteiger partial charge is 0.271 e. The fourth-order valence-electron chi connectivity index (χ4n) is 2.22. The molecule has 8 nitrogen and oxygen atoms in total. The SMILES string of the molecule is CCOc1ccccc1-c1noc(COc2ccc([N+](=O)[O-])cc2Cl)n1. The zero-order chi connectivity index (χ0) is 18.5. The highest BCUT2D eigenvalue weighted by molar-refractivity contribution is 6.32. The third-order valence-corrected chi connectivity index (χ3v) is 3.67. The molecular weight excluding hydrogens is 362 g/mol. The molecule has 1 aromatic heterocycles. The molecule has 0 fully saturated rings. The van der Waals surface area contributed by atoms with Gasteiger partial charge in [0.05, 0.1) is 22.1 Å². The van der Waals surface area contributed by atoms with E-state index in [-0.39, 0.29) is 29.0 Å². The van der Waals surface area contributed by atoms with Crippen LogP contribution in [-0.2, 0) is 6.61 Å². The van der Waals surface area contributed by atoms with Gasteiger partial charge in [-0.25, -0.2) is 0 Å². The molecule has 3 rings (SSSR count). The van der Waals surface area contributed by atoms with Crippen LogP contribution in [0.4, 0.5) is 5.69 Å². The summed E-state index contributed by atoms with van der Waals surface area (Å²) < 4.78 is 16.2. The standard InChI is InChI=1S/C17H14ClN3O5/c1-2-24-14-6-4-3-5-12(14)17-19-16(26-20-17)10-25-15-8-7-11(21(22)23)9-13(15)18/h3-9H,2,10H2,1H3. The summed E-state index contributed by atoms with van der Waals surface area (Å²) in [5.41, 5.74) is 0.590. The molecular formula is C17H14ClN3O5. The Hall–Kier alpha value is -3.13. The summed E-state index contributed by atoms with van der Waals surface area (Å²) in [4.78, 5) is 14.5. The van der Waals surface area contributed by atoms with Crippen LogP contribution in [0.2, 0.25) is 5.02 Å². The molecule has 0 radical (unpaired) electrons. The number of non-ortho nitro benzene ring substituents is 1. The predicted octanol–water partition coefficient (Wildman–Crippen LogP) is 4.28. The lowest BCUT2D eigenvalue weighted by molar-refractivity contribution is -0.384. The number of nitrogens with zero attached hydrogens (tertiary/aromatic N) is 3. The van der Waals surface area contributed by atoms with E-state index < -0.39 is 4.92 Å². The third kappa shape index (κ3) is 3.92. The molecule has 0 aliphatic carbocycles. The molecule has 0 N–H and O–H groups in total. The number of hydrogen-bond donors (Lipinski definition) is 0. The van der Waals surface area contributed by atoms with E-state index in [0.717, 1.165) is 0 Å². The molecule has 0 saturated heterocycles. The Balaban J connectivity index is 1.73. The van der Waals surface area contributed by atoms with Crippen molar-refractivity contribution >= 4 is 17.3 Å². The second kappa shape index (κ2) is 7.83. The minimum atomic E-state index is -0.532. The fraction of sp³-hybridized carbons (Fsp3) is 0.176. The lowest BCUT2D eigenvalue weighted by Crippen LogP contribution is -1.97. The van der Waals surface area contributed by atoms with Crippen molar-refractivity contribution in [2.75, 3.05) is 6.61 Å². The van der Waals surface area contributed by atoms with Crippen LogP contribution in [0.15, 0.2) is 47.0 Å². The van der Waals surface area contributed by atoms with Crippen LogP contribution in [0.25, 0.3) is 11.4 Å². The monoisotopic (exact) mass is 375 g/mol. The molecule has 26 heavy (non-hydrogen) atoms. The van der Waals surface area contributed by atoms with Crippen molar-refractivity contribution in [3.05, 3.63) is 63.5 Å². The number of halogens is 1. The van der Waals surface area contributed by atoms with Crippen LogP contribution in [0, 0.1) is 10.1 Å². The van der Waals surface area contributed by atoms with Crippen molar-refractivity contribution in [2.45, 2.75) is 13.5 Å². The van der Waals surface area contributed by atoms with Gasteiger partial charge in [0.2, 0.25) is 5.82 Å². The highest BCUT2D eigenvalue weighted by Crippen LogP contribution is 2.30. The van der Waals surface area contributed by atoms with Gasteiger partial charge < -0.3 is 14.0 Å². The van der Waals surface area contributed by atoms with Gasteiger partial charge in [-0.1, -0.05) is 28.9 Å². The van der Waals surface area contributed by atoms with E-state index in [0.29, 0.717) is 23.7 Å². The van der Waals surface area contributed by atoms with Crippen molar-refractivity contribution in [1.82, 2.24) is 10.1 Å². The van der Waals surface area contributed by atoms with Crippen LogP contribution in [0.5, 0.6) is 11.5 Å². The molecule has 2 aromatic carbocycles. The molecule has 0 unspecified atom stereocenters. The first kappa shape index (κ1) is 17.7. The van der Waals surface area contributed by atoms with Crippen molar-refractivity contribution in [3.63, 3.8) is 0 Å². The van der Waals surface area contributed by atoms with Crippen LogP contribution in [0.3, 0.4) is 0 Å². The average molecular weight is 376 g/mol. The maximum atomic E-state index is 10.7. The van der Waals surface area contributed by atoms with Gasteiger partial charge in [0.25, 0.3) is 11.6 Å². The van der Waals surface area contributed by atoms with E-state index in [2.05, 4.69) is 10.1 Å². The summed E-state index contributed by atoms with van der Waals surface area (Å²) in [6.45, 7) is 2.38. The molecule has 0 amide bonds. The largest absolute Gasteiger partial charge is 0.493 e. The first-order valence-corrected chi connectivity index (χ1v) is 8.07. The number of aromatic nitrogens is 2. The van der Waals surface area contributed by atoms with Crippen LogP contribution < -0.4 is 9.47 Å². The first-order chi connectivity index (χ1) is 12.6. The number of para-hydroxylation sites is 1. The molecule has 0 saturated carbocycles. The molecule has 0 atom stereocenters. The van der Waals surface area contributed by atoms with Crippen molar-refractivity contribution in [3.8, 4) is 22.9 Å². The lowest BCUT2D eigenvalue weighted by Gasteiger charge is -2.06. The zero-order valence-corrected chi connectivity index (χ0v) is 14.5. The quantitative estimate of drug-likeness (QED) is 0.448. The van der Waals surface area contributed by atoms with E-state index >= 15 is 0 Å². The number of nitro benzene ring substituents is 1. The summed E-state index contributed by atoms with van der Waals surface area (Å²) in [6, 6.07) is 11.3. The number of benzene rings is 2. The summed E-state index contributed by atoms with van der Waals surface area (Å²) in [6.07, 6.45) is 0. The van der Waals surface area contributed by atoms with E-state index in [9.17, 15) is 10.1 Å².